The summed E-state index contributed by atoms with van der Waals surface area (Å²) >= 11 is 0. The lowest BCUT2D eigenvalue weighted by Gasteiger charge is -2.49. The zero-order valence-corrected chi connectivity index (χ0v) is 14.2. The van der Waals surface area contributed by atoms with Crippen molar-refractivity contribution in [1.29, 1.82) is 0 Å². The summed E-state index contributed by atoms with van der Waals surface area (Å²) in [5, 5.41) is 11.4. The van der Waals surface area contributed by atoms with E-state index in [4.69, 9.17) is 0 Å². The highest BCUT2D eigenvalue weighted by Crippen LogP contribution is 2.40. The van der Waals surface area contributed by atoms with E-state index in [1.807, 2.05) is 0 Å². The van der Waals surface area contributed by atoms with Crippen LogP contribution in [0.15, 0.2) is 30.3 Å². The summed E-state index contributed by atoms with van der Waals surface area (Å²) in [5.41, 5.74) is 1.000. The molecule has 0 bridgehead atoms. The van der Waals surface area contributed by atoms with Crippen LogP contribution in [-0.4, -0.2) is 23.3 Å². The van der Waals surface area contributed by atoms with Gasteiger partial charge in [0, 0.05) is 17.9 Å². The van der Waals surface area contributed by atoms with E-state index >= 15 is 0 Å². The predicted octanol–water partition coefficient (Wildman–Crippen LogP) is 2.81. The van der Waals surface area contributed by atoms with E-state index < -0.39 is 5.60 Å². The molecule has 2 N–H and O–H groups in total. The number of benzene rings is 1. The molecule has 2 aliphatic rings. The second-order valence-corrected chi connectivity index (χ2v) is 7.86. The van der Waals surface area contributed by atoms with Crippen LogP contribution < -0.4 is 4.90 Å². The minimum Gasteiger partial charge on any atom is -0.389 e. The van der Waals surface area contributed by atoms with Gasteiger partial charge in [-0.05, 0) is 25.7 Å². The summed E-state index contributed by atoms with van der Waals surface area (Å²) in [6.07, 6.45) is 7.44. The first-order chi connectivity index (χ1) is 10.6. The fraction of sp³-hybridized carbons (Fsp3) is 0.700. The predicted molar refractivity (Wildman–Crippen MR) is 90.7 cm³/mol. The Morgan fingerprint density at radius 2 is 1.77 bits per heavy atom. The Morgan fingerprint density at radius 1 is 1.09 bits per heavy atom. The zero-order valence-electron chi connectivity index (χ0n) is 14.2. The molecule has 2 fully saturated rings. The largest absolute Gasteiger partial charge is 0.389 e. The second kappa shape index (κ2) is 6.72. The zero-order chi connectivity index (χ0) is 15.6. The molecule has 0 amide bonds. The van der Waals surface area contributed by atoms with Crippen molar-refractivity contribution in [2.75, 3.05) is 6.54 Å². The van der Waals surface area contributed by atoms with Gasteiger partial charge in [-0.2, -0.15) is 0 Å². The van der Waals surface area contributed by atoms with Crippen LogP contribution in [0.25, 0.3) is 0 Å². The Hall–Kier alpha value is -0.860. The van der Waals surface area contributed by atoms with Crippen LogP contribution in [-0.2, 0) is 6.54 Å². The van der Waals surface area contributed by atoms with Crippen LogP contribution in [0, 0.1) is 11.8 Å². The lowest BCUT2D eigenvalue weighted by atomic mass is 9.66. The van der Waals surface area contributed by atoms with Crippen LogP contribution in [0.3, 0.4) is 0 Å². The summed E-state index contributed by atoms with van der Waals surface area (Å²) in [5.74, 6) is 0.947. The van der Waals surface area contributed by atoms with Crippen molar-refractivity contribution < 1.29 is 10.0 Å². The van der Waals surface area contributed by atoms with Crippen LogP contribution in [0.2, 0.25) is 0 Å². The maximum Gasteiger partial charge on any atom is 0.103 e. The molecule has 4 atom stereocenters. The fourth-order valence-electron chi connectivity index (χ4n) is 4.88. The van der Waals surface area contributed by atoms with Crippen LogP contribution in [0.4, 0.5) is 0 Å². The molecule has 1 aliphatic carbocycles. The molecule has 0 radical (unpaired) electrons. The third-order valence-electron chi connectivity index (χ3n) is 6.34. The Morgan fingerprint density at radius 3 is 2.45 bits per heavy atom. The van der Waals surface area contributed by atoms with Gasteiger partial charge in [-0.15, -0.1) is 0 Å². The van der Waals surface area contributed by atoms with Gasteiger partial charge >= 0.3 is 0 Å². The van der Waals surface area contributed by atoms with Gasteiger partial charge in [-0.25, -0.2) is 0 Å². The topological polar surface area (TPSA) is 24.7 Å². The van der Waals surface area contributed by atoms with E-state index in [1.54, 1.807) is 4.90 Å². The Balaban J connectivity index is 1.68. The van der Waals surface area contributed by atoms with Crippen LogP contribution in [0.5, 0.6) is 0 Å². The highest BCUT2D eigenvalue weighted by molar-refractivity contribution is 5.13. The van der Waals surface area contributed by atoms with E-state index in [0.717, 1.165) is 19.5 Å². The minimum atomic E-state index is -0.417. The third-order valence-corrected chi connectivity index (χ3v) is 6.34. The maximum absolute atomic E-state index is 11.4. The van der Waals surface area contributed by atoms with Crippen molar-refractivity contribution in [1.82, 2.24) is 0 Å². The molecule has 22 heavy (non-hydrogen) atoms. The Kier molecular flexibility index (Phi) is 4.89. The van der Waals surface area contributed by atoms with Gasteiger partial charge in [0.1, 0.15) is 6.54 Å². The van der Waals surface area contributed by atoms with Gasteiger partial charge in [0.05, 0.1) is 18.2 Å². The van der Waals surface area contributed by atoms with Crippen molar-refractivity contribution >= 4 is 0 Å². The minimum absolute atomic E-state index is 0.408. The highest BCUT2D eigenvalue weighted by atomic mass is 16.3. The van der Waals surface area contributed by atoms with E-state index in [9.17, 15) is 5.11 Å². The van der Waals surface area contributed by atoms with Crippen molar-refractivity contribution in [3.05, 3.63) is 35.9 Å². The molecule has 1 unspecified atom stereocenters. The average molecular weight is 302 g/mol. The molecule has 2 nitrogen and oxygen atoms in total. The van der Waals surface area contributed by atoms with Crippen molar-refractivity contribution in [3.63, 3.8) is 0 Å². The molecule has 122 valence electrons. The molecule has 3 rings (SSSR count). The monoisotopic (exact) mass is 302 g/mol. The van der Waals surface area contributed by atoms with Gasteiger partial charge in [0.25, 0.3) is 0 Å². The summed E-state index contributed by atoms with van der Waals surface area (Å²) in [6.45, 7) is 6.81. The van der Waals surface area contributed by atoms with Crippen LogP contribution in [0.1, 0.15) is 57.9 Å². The number of aliphatic hydroxyl groups is 1. The Bertz CT molecular complexity index is 468. The number of nitrogens with one attached hydrogen (secondary N) is 1. The Labute approximate surface area is 135 Å². The van der Waals surface area contributed by atoms with Crippen LogP contribution >= 0.6 is 0 Å². The van der Waals surface area contributed by atoms with Gasteiger partial charge in [-0.3, -0.25) is 0 Å². The SMILES string of the molecule is C[C@@H]1C[NH+](Cc2ccccc2)[C@@H](C)C[C@]1(O)C1CCCCC1. The summed E-state index contributed by atoms with van der Waals surface area (Å²) in [6, 6.07) is 11.3. The molecule has 1 aromatic carbocycles. The number of hydrogen-bond acceptors (Lipinski definition) is 1. The molecule has 1 aromatic rings. The van der Waals surface area contributed by atoms with Crippen molar-refractivity contribution in [2.24, 2.45) is 11.8 Å². The average Bonchev–Trinajstić information content (AvgIpc) is 2.54. The first kappa shape index (κ1) is 16.0. The number of quaternary nitrogens is 1. The van der Waals surface area contributed by atoms with Gasteiger partial charge < -0.3 is 10.0 Å². The second-order valence-electron chi connectivity index (χ2n) is 7.86. The molecule has 0 aromatic heterocycles. The molecular weight excluding hydrogens is 270 g/mol. The van der Waals surface area contributed by atoms with Gasteiger partial charge in [0.2, 0.25) is 0 Å². The molecule has 1 heterocycles. The quantitative estimate of drug-likeness (QED) is 0.882. The van der Waals surface area contributed by atoms with E-state index in [1.165, 1.54) is 37.7 Å². The maximum atomic E-state index is 11.4. The number of likely N-dealkylation sites (tertiary alicyclic amines) is 1. The molecule has 0 spiro atoms. The number of rotatable bonds is 3. The normalized spacial score (nSPS) is 37.1. The first-order valence-electron chi connectivity index (χ1n) is 9.20. The molecule has 2 heteroatoms. The first-order valence-corrected chi connectivity index (χ1v) is 9.20. The van der Waals surface area contributed by atoms with E-state index in [2.05, 4.69) is 44.2 Å². The van der Waals surface area contributed by atoms with Crippen molar-refractivity contribution in [2.45, 2.75) is 70.6 Å². The highest BCUT2D eigenvalue weighted by Gasteiger charge is 2.49. The van der Waals surface area contributed by atoms with Gasteiger partial charge in [0.15, 0.2) is 0 Å². The number of piperidine rings is 1. The van der Waals surface area contributed by atoms with Crippen molar-refractivity contribution in [3.8, 4) is 0 Å². The summed E-state index contributed by atoms with van der Waals surface area (Å²) < 4.78 is 0. The smallest absolute Gasteiger partial charge is 0.103 e. The fourth-order valence-corrected chi connectivity index (χ4v) is 4.88. The van der Waals surface area contributed by atoms with E-state index in [0.29, 0.717) is 17.9 Å². The standard InChI is InChI=1S/C20H31NO/c1-16-14-21(15-18-9-5-3-6-10-18)17(2)13-20(16,22)19-11-7-4-8-12-19/h3,5-6,9-10,16-17,19,22H,4,7-8,11-15H2,1-2H3/p+1/t16-,17+,20-/m1/s1. The number of hydrogen-bond donors (Lipinski definition) is 2. The molecule has 1 aliphatic heterocycles. The third kappa shape index (κ3) is 3.23. The molecule has 1 saturated heterocycles. The lowest BCUT2D eigenvalue weighted by molar-refractivity contribution is -0.948. The van der Waals surface area contributed by atoms with E-state index in [-0.39, 0.29) is 0 Å². The summed E-state index contributed by atoms with van der Waals surface area (Å²) in [7, 11) is 0. The summed E-state index contributed by atoms with van der Waals surface area (Å²) in [4.78, 5) is 1.64. The lowest BCUT2D eigenvalue weighted by Crippen LogP contribution is -3.16. The van der Waals surface area contributed by atoms with Gasteiger partial charge in [-0.1, -0.05) is 56.5 Å². The molecule has 1 saturated carbocycles. The molecular formula is C20H32NO+.